The first-order valence-electron chi connectivity index (χ1n) is 6.28. The van der Waals surface area contributed by atoms with E-state index in [2.05, 4.69) is 0 Å². The van der Waals surface area contributed by atoms with Gasteiger partial charge in [0.05, 0.1) is 11.4 Å². The van der Waals surface area contributed by atoms with E-state index in [1.165, 1.54) is 4.90 Å². The van der Waals surface area contributed by atoms with Crippen LogP contribution in [-0.2, 0) is 14.6 Å². The van der Waals surface area contributed by atoms with Gasteiger partial charge in [-0.1, -0.05) is 0 Å². The maximum absolute atomic E-state index is 12.4. The summed E-state index contributed by atoms with van der Waals surface area (Å²) in [5, 5.41) is 0. The molecule has 6 nitrogen and oxygen atoms in total. The van der Waals surface area contributed by atoms with E-state index >= 15 is 0 Å². The molecule has 1 rings (SSSR count). The van der Waals surface area contributed by atoms with Gasteiger partial charge in [0, 0.05) is 11.6 Å². The summed E-state index contributed by atoms with van der Waals surface area (Å²) in [5.41, 5.74) is 5.14. The van der Waals surface area contributed by atoms with Crippen LogP contribution >= 0.6 is 0 Å². The number of hydrogen-bond acceptors (Lipinski definition) is 4. The summed E-state index contributed by atoms with van der Waals surface area (Å²) in [5.74, 6) is -4.77. The van der Waals surface area contributed by atoms with E-state index in [0.717, 1.165) is 24.3 Å². The molecule has 0 aliphatic carbocycles. The SMILES string of the molecule is CC(C)N(CC(N)=O)C(=O)c1ccc(S(=O)(=O)C(F)F)cc1. The van der Waals surface area contributed by atoms with Crippen LogP contribution in [0.1, 0.15) is 24.2 Å². The fourth-order valence-corrected chi connectivity index (χ4v) is 2.43. The van der Waals surface area contributed by atoms with Crippen molar-refractivity contribution in [1.29, 1.82) is 0 Å². The van der Waals surface area contributed by atoms with Crippen molar-refractivity contribution in [2.45, 2.75) is 30.5 Å². The highest BCUT2D eigenvalue weighted by Gasteiger charge is 2.27. The number of carbonyl (C=O) groups is 2. The number of primary amides is 1. The van der Waals surface area contributed by atoms with Crippen molar-refractivity contribution in [2.24, 2.45) is 5.73 Å². The molecule has 0 atom stereocenters. The van der Waals surface area contributed by atoms with Gasteiger partial charge in [-0.25, -0.2) is 8.42 Å². The molecule has 0 aliphatic heterocycles. The van der Waals surface area contributed by atoms with Crippen LogP contribution in [0.4, 0.5) is 8.78 Å². The van der Waals surface area contributed by atoms with Crippen molar-refractivity contribution in [3.05, 3.63) is 29.8 Å². The molecule has 0 saturated carbocycles. The third kappa shape index (κ3) is 4.00. The predicted octanol–water partition coefficient (Wildman–Crippen LogP) is 1.02. The number of hydrogen-bond donors (Lipinski definition) is 1. The molecule has 0 radical (unpaired) electrons. The lowest BCUT2D eigenvalue weighted by Gasteiger charge is -2.25. The molecule has 0 unspecified atom stereocenters. The van der Waals surface area contributed by atoms with Gasteiger partial charge in [-0.2, -0.15) is 8.78 Å². The number of amides is 2. The topological polar surface area (TPSA) is 97.5 Å². The summed E-state index contributed by atoms with van der Waals surface area (Å²) < 4.78 is 47.4. The molecule has 1 aromatic rings. The molecule has 22 heavy (non-hydrogen) atoms. The average Bonchev–Trinajstić information content (AvgIpc) is 2.43. The Labute approximate surface area is 126 Å². The minimum Gasteiger partial charge on any atom is -0.368 e. The molecule has 0 fully saturated rings. The first kappa shape index (κ1) is 18.0. The second kappa shape index (κ2) is 6.82. The molecule has 9 heteroatoms. The van der Waals surface area contributed by atoms with Crippen LogP contribution in [0.2, 0.25) is 0 Å². The van der Waals surface area contributed by atoms with E-state index in [1.807, 2.05) is 0 Å². The Balaban J connectivity index is 3.08. The third-order valence-corrected chi connectivity index (χ3v) is 4.27. The van der Waals surface area contributed by atoms with Gasteiger partial charge in [0.15, 0.2) is 0 Å². The molecular weight excluding hydrogens is 318 g/mol. The summed E-state index contributed by atoms with van der Waals surface area (Å²) in [6.45, 7) is 3.06. The van der Waals surface area contributed by atoms with Crippen molar-refractivity contribution in [3.63, 3.8) is 0 Å². The molecule has 122 valence electrons. The molecule has 0 heterocycles. The standard InChI is InChI=1S/C13H16F2N2O4S/c1-8(2)17(7-11(16)18)12(19)9-3-5-10(6-4-9)22(20,21)13(14)15/h3-6,8,13H,7H2,1-2H3,(H2,16,18). The number of rotatable bonds is 6. The molecule has 2 N–H and O–H groups in total. The van der Waals surface area contributed by atoms with E-state index in [-0.39, 0.29) is 18.2 Å². The maximum Gasteiger partial charge on any atom is 0.341 e. The van der Waals surface area contributed by atoms with Crippen LogP contribution in [0, 0.1) is 0 Å². The highest BCUT2D eigenvalue weighted by Crippen LogP contribution is 2.19. The van der Waals surface area contributed by atoms with Crippen LogP contribution < -0.4 is 5.73 Å². The zero-order valence-electron chi connectivity index (χ0n) is 12.0. The summed E-state index contributed by atoms with van der Waals surface area (Å²) in [6, 6.07) is 3.78. The number of nitrogens with two attached hydrogens (primary N) is 1. The van der Waals surface area contributed by atoms with Gasteiger partial charge in [-0.15, -0.1) is 0 Å². The molecule has 1 aromatic carbocycles. The lowest BCUT2D eigenvalue weighted by Crippen LogP contribution is -2.42. The van der Waals surface area contributed by atoms with Crippen molar-refractivity contribution >= 4 is 21.7 Å². The number of halogens is 2. The number of sulfone groups is 1. The van der Waals surface area contributed by atoms with Gasteiger partial charge in [-0.05, 0) is 38.1 Å². The van der Waals surface area contributed by atoms with Crippen molar-refractivity contribution in [1.82, 2.24) is 4.90 Å². The number of nitrogens with zero attached hydrogens (tertiary/aromatic N) is 1. The number of benzene rings is 1. The largest absolute Gasteiger partial charge is 0.368 e. The van der Waals surface area contributed by atoms with E-state index in [4.69, 9.17) is 5.73 Å². The third-order valence-electron chi connectivity index (χ3n) is 2.87. The maximum atomic E-state index is 12.4. The minimum absolute atomic E-state index is 0.0724. The lowest BCUT2D eigenvalue weighted by molar-refractivity contribution is -0.119. The lowest BCUT2D eigenvalue weighted by atomic mass is 10.1. The average molecular weight is 334 g/mol. The molecule has 0 aliphatic rings. The summed E-state index contributed by atoms with van der Waals surface area (Å²) in [6.07, 6.45) is 0. The van der Waals surface area contributed by atoms with Gasteiger partial charge in [0.2, 0.25) is 15.7 Å². The summed E-state index contributed by atoms with van der Waals surface area (Å²) in [4.78, 5) is 23.8. The van der Waals surface area contributed by atoms with Crippen molar-refractivity contribution in [2.75, 3.05) is 6.54 Å². The van der Waals surface area contributed by atoms with Crippen molar-refractivity contribution in [3.8, 4) is 0 Å². The highest BCUT2D eigenvalue weighted by atomic mass is 32.2. The van der Waals surface area contributed by atoms with Crippen LogP contribution in [0.25, 0.3) is 0 Å². The second-order valence-electron chi connectivity index (χ2n) is 4.82. The molecule has 0 aromatic heterocycles. The van der Waals surface area contributed by atoms with Crippen LogP contribution in [0.3, 0.4) is 0 Å². The van der Waals surface area contributed by atoms with Gasteiger partial charge in [0.1, 0.15) is 0 Å². The summed E-state index contributed by atoms with van der Waals surface area (Å²) in [7, 11) is -4.71. The quantitative estimate of drug-likeness (QED) is 0.840. The van der Waals surface area contributed by atoms with E-state index in [1.54, 1.807) is 13.8 Å². The van der Waals surface area contributed by atoms with Crippen molar-refractivity contribution < 1.29 is 26.8 Å². The zero-order chi connectivity index (χ0) is 17.1. The smallest absolute Gasteiger partial charge is 0.341 e. The predicted molar refractivity (Wildman–Crippen MR) is 75.0 cm³/mol. The fourth-order valence-electron chi connectivity index (χ4n) is 1.71. The van der Waals surface area contributed by atoms with Gasteiger partial charge in [-0.3, -0.25) is 9.59 Å². The number of carbonyl (C=O) groups excluding carboxylic acids is 2. The Morgan fingerprint density at radius 2 is 1.68 bits per heavy atom. The van der Waals surface area contributed by atoms with E-state index < -0.39 is 32.3 Å². The Kier molecular flexibility index (Phi) is 5.59. The Hall–Kier alpha value is -2.03. The molecule has 0 spiro atoms. The Morgan fingerprint density at radius 1 is 1.18 bits per heavy atom. The highest BCUT2D eigenvalue weighted by molar-refractivity contribution is 7.91. The molecular formula is C13H16F2N2O4S. The van der Waals surface area contributed by atoms with E-state index in [9.17, 15) is 26.8 Å². The molecule has 2 amide bonds. The Morgan fingerprint density at radius 3 is 2.05 bits per heavy atom. The van der Waals surface area contributed by atoms with Gasteiger partial charge >= 0.3 is 5.76 Å². The van der Waals surface area contributed by atoms with Crippen LogP contribution in [0.15, 0.2) is 29.2 Å². The molecule has 0 saturated heterocycles. The minimum atomic E-state index is -4.71. The monoisotopic (exact) mass is 334 g/mol. The van der Waals surface area contributed by atoms with Crippen LogP contribution in [-0.4, -0.2) is 43.5 Å². The van der Waals surface area contributed by atoms with Gasteiger partial charge < -0.3 is 10.6 Å². The van der Waals surface area contributed by atoms with Gasteiger partial charge in [0.25, 0.3) is 5.91 Å². The van der Waals surface area contributed by atoms with Crippen LogP contribution in [0.5, 0.6) is 0 Å². The first-order valence-corrected chi connectivity index (χ1v) is 7.83. The first-order chi connectivity index (χ1) is 10.1. The molecule has 0 bridgehead atoms. The normalized spacial score (nSPS) is 11.7. The Bertz CT molecular complexity index is 657. The van der Waals surface area contributed by atoms with E-state index in [0.29, 0.717) is 0 Å². The summed E-state index contributed by atoms with van der Waals surface area (Å²) >= 11 is 0. The zero-order valence-corrected chi connectivity index (χ0v) is 12.8. The fraction of sp³-hybridized carbons (Fsp3) is 0.385. The number of alkyl halides is 2. The second-order valence-corrected chi connectivity index (χ2v) is 6.74.